The fourth-order valence-electron chi connectivity index (χ4n) is 2.74. The van der Waals surface area contributed by atoms with E-state index in [1.54, 1.807) is 4.90 Å². The van der Waals surface area contributed by atoms with Crippen molar-refractivity contribution < 1.29 is 22.4 Å². The molecule has 1 heterocycles. The molecule has 0 bridgehead atoms. The molecule has 0 amide bonds. The van der Waals surface area contributed by atoms with Crippen molar-refractivity contribution in [1.29, 1.82) is 0 Å². The van der Waals surface area contributed by atoms with Crippen LogP contribution in [0, 0.1) is 0 Å². The SMILES string of the molecule is C=C1CC(c2cc(CF)cc(C(F)(F)F)c2)CN1CC(C)=O. The molecule has 0 saturated carbocycles. The Kier molecular flexibility index (Phi) is 4.58. The van der Waals surface area contributed by atoms with E-state index in [1.807, 2.05) is 0 Å². The molecule has 1 unspecified atom stereocenters. The Bertz CT molecular complexity index is 594. The third-order valence-corrected chi connectivity index (χ3v) is 3.75. The van der Waals surface area contributed by atoms with E-state index in [4.69, 9.17) is 0 Å². The van der Waals surface area contributed by atoms with Crippen LogP contribution in [-0.2, 0) is 17.6 Å². The van der Waals surface area contributed by atoms with Crippen LogP contribution >= 0.6 is 0 Å². The molecular formula is C16H17F4NO. The van der Waals surface area contributed by atoms with Crippen molar-refractivity contribution in [3.63, 3.8) is 0 Å². The molecule has 0 aromatic heterocycles. The molecule has 1 aromatic rings. The Labute approximate surface area is 126 Å². The molecule has 1 atom stereocenters. The first kappa shape index (κ1) is 16.5. The van der Waals surface area contributed by atoms with Crippen molar-refractivity contribution in [3.8, 4) is 0 Å². The number of hydrogen-bond acceptors (Lipinski definition) is 2. The molecule has 22 heavy (non-hydrogen) atoms. The molecule has 0 N–H and O–H groups in total. The zero-order valence-electron chi connectivity index (χ0n) is 12.2. The zero-order chi connectivity index (χ0) is 16.5. The van der Waals surface area contributed by atoms with Crippen LogP contribution in [0.15, 0.2) is 30.5 Å². The summed E-state index contributed by atoms with van der Waals surface area (Å²) in [6.07, 6.45) is -4.03. The van der Waals surface area contributed by atoms with Crippen LogP contribution in [0.3, 0.4) is 0 Å². The topological polar surface area (TPSA) is 20.3 Å². The number of nitrogens with zero attached hydrogens (tertiary/aromatic N) is 1. The molecule has 2 nitrogen and oxygen atoms in total. The second-order valence-electron chi connectivity index (χ2n) is 5.64. The predicted octanol–water partition coefficient (Wildman–Crippen LogP) is 4.07. The second-order valence-corrected chi connectivity index (χ2v) is 5.64. The summed E-state index contributed by atoms with van der Waals surface area (Å²) in [5.41, 5.74) is 0.336. The molecule has 1 aliphatic rings. The van der Waals surface area contributed by atoms with E-state index in [-0.39, 0.29) is 23.8 Å². The summed E-state index contributed by atoms with van der Waals surface area (Å²) in [4.78, 5) is 13.0. The highest BCUT2D eigenvalue weighted by atomic mass is 19.4. The van der Waals surface area contributed by atoms with Gasteiger partial charge in [0.1, 0.15) is 12.5 Å². The van der Waals surface area contributed by atoms with Crippen molar-refractivity contribution in [2.45, 2.75) is 32.1 Å². The van der Waals surface area contributed by atoms with E-state index in [1.165, 1.54) is 13.0 Å². The number of carbonyl (C=O) groups is 1. The van der Waals surface area contributed by atoms with E-state index in [0.717, 1.165) is 17.8 Å². The molecule has 1 aromatic carbocycles. The minimum atomic E-state index is -4.51. The van der Waals surface area contributed by atoms with Gasteiger partial charge in [-0.2, -0.15) is 13.2 Å². The van der Waals surface area contributed by atoms with Gasteiger partial charge in [0.15, 0.2) is 0 Å². The molecule has 1 saturated heterocycles. The van der Waals surface area contributed by atoms with Crippen LogP contribution in [0.5, 0.6) is 0 Å². The molecule has 2 rings (SSSR count). The summed E-state index contributed by atoms with van der Waals surface area (Å²) in [5, 5.41) is 0. The van der Waals surface area contributed by atoms with Crippen LogP contribution in [-0.4, -0.2) is 23.8 Å². The number of ketones is 1. The van der Waals surface area contributed by atoms with Gasteiger partial charge in [-0.05, 0) is 36.6 Å². The third-order valence-electron chi connectivity index (χ3n) is 3.75. The van der Waals surface area contributed by atoms with Gasteiger partial charge in [0.25, 0.3) is 0 Å². The average molecular weight is 315 g/mol. The van der Waals surface area contributed by atoms with Crippen LogP contribution in [0.25, 0.3) is 0 Å². The van der Waals surface area contributed by atoms with Gasteiger partial charge >= 0.3 is 6.18 Å². The lowest BCUT2D eigenvalue weighted by Crippen LogP contribution is -2.24. The molecule has 0 aliphatic carbocycles. The van der Waals surface area contributed by atoms with Crippen molar-refractivity contribution >= 4 is 5.78 Å². The first-order valence-corrected chi connectivity index (χ1v) is 6.90. The third kappa shape index (κ3) is 3.67. The number of Topliss-reactive ketones (excluding diaryl/α,β-unsaturated/α-hetero) is 1. The Morgan fingerprint density at radius 2 is 2.05 bits per heavy atom. The Hall–Kier alpha value is -1.85. The van der Waals surface area contributed by atoms with E-state index in [0.29, 0.717) is 18.5 Å². The number of benzene rings is 1. The van der Waals surface area contributed by atoms with Gasteiger partial charge < -0.3 is 4.90 Å². The van der Waals surface area contributed by atoms with Gasteiger partial charge in [0.05, 0.1) is 12.1 Å². The standard InChI is InChI=1S/C16H17F4NO/c1-10-3-14(9-21(10)8-11(2)22)13-4-12(7-17)5-15(6-13)16(18,19)20/h4-6,14H,1,3,7-9H2,2H3. The van der Waals surface area contributed by atoms with Crippen molar-refractivity contribution in [3.05, 3.63) is 47.2 Å². The number of likely N-dealkylation sites (tertiary alicyclic amines) is 1. The largest absolute Gasteiger partial charge is 0.416 e. The van der Waals surface area contributed by atoms with E-state index in [9.17, 15) is 22.4 Å². The maximum absolute atomic E-state index is 12.9. The minimum absolute atomic E-state index is 0.0143. The first-order chi connectivity index (χ1) is 10.2. The number of carbonyl (C=O) groups excluding carboxylic acids is 1. The summed E-state index contributed by atoms with van der Waals surface area (Å²) in [6, 6.07) is 3.36. The maximum atomic E-state index is 12.9. The van der Waals surface area contributed by atoms with Gasteiger partial charge in [0, 0.05) is 18.2 Å². The van der Waals surface area contributed by atoms with Crippen molar-refractivity contribution in [1.82, 2.24) is 4.90 Å². The number of allylic oxidation sites excluding steroid dienone is 1. The Morgan fingerprint density at radius 3 is 2.59 bits per heavy atom. The predicted molar refractivity (Wildman–Crippen MR) is 75.0 cm³/mol. The normalized spacial score (nSPS) is 18.9. The maximum Gasteiger partial charge on any atom is 0.416 e. The fourth-order valence-corrected chi connectivity index (χ4v) is 2.74. The van der Waals surface area contributed by atoms with Gasteiger partial charge in [0.2, 0.25) is 0 Å². The lowest BCUT2D eigenvalue weighted by atomic mass is 9.94. The van der Waals surface area contributed by atoms with Crippen LogP contribution < -0.4 is 0 Å². The quantitative estimate of drug-likeness (QED) is 0.781. The Morgan fingerprint density at radius 1 is 1.36 bits per heavy atom. The summed E-state index contributed by atoms with van der Waals surface area (Å²) >= 11 is 0. The number of halogens is 4. The number of rotatable bonds is 4. The lowest BCUT2D eigenvalue weighted by Gasteiger charge is -2.18. The average Bonchev–Trinajstić information content (AvgIpc) is 2.78. The second kappa shape index (κ2) is 6.10. The minimum Gasteiger partial charge on any atom is -0.367 e. The van der Waals surface area contributed by atoms with E-state index >= 15 is 0 Å². The Balaban J connectivity index is 2.29. The van der Waals surface area contributed by atoms with Crippen LogP contribution in [0.4, 0.5) is 17.6 Å². The fraction of sp³-hybridized carbons (Fsp3) is 0.438. The van der Waals surface area contributed by atoms with E-state index in [2.05, 4.69) is 6.58 Å². The summed E-state index contributed by atoms with van der Waals surface area (Å²) in [5.74, 6) is -0.241. The molecule has 120 valence electrons. The number of hydrogen-bond donors (Lipinski definition) is 0. The first-order valence-electron chi connectivity index (χ1n) is 6.90. The van der Waals surface area contributed by atoms with Crippen LogP contribution in [0.1, 0.15) is 36.0 Å². The van der Waals surface area contributed by atoms with E-state index < -0.39 is 18.4 Å². The lowest BCUT2D eigenvalue weighted by molar-refractivity contribution is -0.137. The monoisotopic (exact) mass is 315 g/mol. The van der Waals surface area contributed by atoms with Gasteiger partial charge in [-0.3, -0.25) is 4.79 Å². The highest BCUT2D eigenvalue weighted by Gasteiger charge is 2.33. The number of alkyl halides is 4. The molecule has 1 aliphatic heterocycles. The van der Waals surface area contributed by atoms with Gasteiger partial charge in [-0.15, -0.1) is 0 Å². The highest BCUT2D eigenvalue weighted by molar-refractivity contribution is 5.77. The summed E-state index contributed by atoms with van der Waals surface area (Å²) in [7, 11) is 0. The van der Waals surface area contributed by atoms with Crippen molar-refractivity contribution in [2.24, 2.45) is 0 Å². The smallest absolute Gasteiger partial charge is 0.367 e. The summed E-state index contributed by atoms with van der Waals surface area (Å²) in [6.45, 7) is 4.98. The van der Waals surface area contributed by atoms with Gasteiger partial charge in [-0.1, -0.05) is 12.6 Å². The van der Waals surface area contributed by atoms with Crippen molar-refractivity contribution in [2.75, 3.05) is 13.1 Å². The van der Waals surface area contributed by atoms with Crippen LogP contribution in [0.2, 0.25) is 0 Å². The molecule has 0 radical (unpaired) electrons. The highest BCUT2D eigenvalue weighted by Crippen LogP contribution is 2.37. The molecule has 0 spiro atoms. The molecular weight excluding hydrogens is 298 g/mol. The zero-order valence-corrected chi connectivity index (χ0v) is 12.2. The summed E-state index contributed by atoms with van der Waals surface area (Å²) < 4.78 is 51.6. The molecule has 6 heteroatoms. The molecule has 1 fully saturated rings. The van der Waals surface area contributed by atoms with Gasteiger partial charge in [-0.25, -0.2) is 4.39 Å².